The van der Waals surface area contributed by atoms with Gasteiger partial charge in [-0.3, -0.25) is 9.78 Å². The van der Waals surface area contributed by atoms with Gasteiger partial charge < -0.3 is 15.4 Å². The first-order valence-electron chi connectivity index (χ1n) is 10.0. The Labute approximate surface area is 183 Å². The summed E-state index contributed by atoms with van der Waals surface area (Å²) < 4.78 is 57.4. The largest absolute Gasteiger partial charge is 0.347 e. The smallest absolute Gasteiger partial charge is 0.345 e. The van der Waals surface area contributed by atoms with Crippen LogP contribution >= 0.6 is 0 Å². The molecule has 3 aromatic rings. The van der Waals surface area contributed by atoms with Crippen molar-refractivity contribution in [3.63, 3.8) is 0 Å². The SMILES string of the molecule is C[C@@H](NC(=O)[C@@H]1C[C@@H](OC(F)F)CN1)c1cc2cnccc2n1S(=O)(=O)c1ccccc1. The number of benzene rings is 1. The molecule has 8 nitrogen and oxygen atoms in total. The monoisotopic (exact) mass is 464 g/mol. The first-order valence-corrected chi connectivity index (χ1v) is 11.4. The number of pyridine rings is 1. The highest BCUT2D eigenvalue weighted by Gasteiger charge is 2.33. The van der Waals surface area contributed by atoms with Crippen LogP contribution < -0.4 is 10.6 Å². The normalized spacial score (nSPS) is 20.0. The van der Waals surface area contributed by atoms with E-state index in [1.807, 2.05) is 0 Å². The van der Waals surface area contributed by atoms with Crippen molar-refractivity contribution in [1.29, 1.82) is 0 Å². The number of ether oxygens (including phenoxy) is 1. The molecular formula is C21H22F2N4O4S. The van der Waals surface area contributed by atoms with Gasteiger partial charge in [0.25, 0.3) is 10.0 Å². The molecule has 0 bridgehead atoms. The quantitative estimate of drug-likeness (QED) is 0.557. The predicted octanol–water partition coefficient (Wildman–Crippen LogP) is 2.42. The van der Waals surface area contributed by atoms with E-state index in [-0.39, 0.29) is 17.9 Å². The summed E-state index contributed by atoms with van der Waals surface area (Å²) in [7, 11) is -3.96. The van der Waals surface area contributed by atoms with Crippen molar-refractivity contribution >= 4 is 26.8 Å². The molecule has 1 saturated heterocycles. The van der Waals surface area contributed by atoms with Crippen LogP contribution in [0.2, 0.25) is 0 Å². The van der Waals surface area contributed by atoms with Gasteiger partial charge in [0.2, 0.25) is 5.91 Å². The van der Waals surface area contributed by atoms with Crippen LogP contribution in [0.1, 0.15) is 25.1 Å². The third-order valence-electron chi connectivity index (χ3n) is 5.37. The van der Waals surface area contributed by atoms with Crippen LogP contribution in [0.5, 0.6) is 0 Å². The number of nitrogens with one attached hydrogen (secondary N) is 2. The van der Waals surface area contributed by atoms with Gasteiger partial charge in [0.1, 0.15) is 0 Å². The second-order valence-electron chi connectivity index (χ2n) is 7.53. The van der Waals surface area contributed by atoms with Crippen LogP contribution in [0.3, 0.4) is 0 Å². The highest BCUT2D eigenvalue weighted by Crippen LogP contribution is 2.29. The number of halogens is 2. The summed E-state index contributed by atoms with van der Waals surface area (Å²) in [6.07, 6.45) is 2.38. The molecule has 0 unspecified atom stereocenters. The molecule has 2 aromatic heterocycles. The van der Waals surface area contributed by atoms with E-state index in [4.69, 9.17) is 0 Å². The van der Waals surface area contributed by atoms with E-state index in [0.717, 1.165) is 0 Å². The fourth-order valence-corrected chi connectivity index (χ4v) is 5.49. The van der Waals surface area contributed by atoms with E-state index in [9.17, 15) is 22.0 Å². The number of aromatic nitrogens is 2. The second-order valence-corrected chi connectivity index (χ2v) is 9.32. The molecular weight excluding hydrogens is 442 g/mol. The minimum absolute atomic E-state index is 0.0954. The zero-order valence-corrected chi connectivity index (χ0v) is 17.9. The zero-order valence-electron chi connectivity index (χ0n) is 17.1. The lowest BCUT2D eigenvalue weighted by Crippen LogP contribution is -2.42. The number of hydrogen-bond acceptors (Lipinski definition) is 6. The first-order chi connectivity index (χ1) is 15.3. The molecule has 1 aliphatic rings. The van der Waals surface area contributed by atoms with E-state index >= 15 is 0 Å². The third kappa shape index (κ3) is 4.36. The second kappa shape index (κ2) is 8.93. The maximum atomic E-state index is 13.5. The van der Waals surface area contributed by atoms with Gasteiger partial charge in [-0.05, 0) is 37.6 Å². The lowest BCUT2D eigenvalue weighted by molar-refractivity contribution is -0.157. The molecule has 3 atom stereocenters. The van der Waals surface area contributed by atoms with Gasteiger partial charge >= 0.3 is 6.61 Å². The molecule has 1 aliphatic heterocycles. The zero-order chi connectivity index (χ0) is 22.9. The van der Waals surface area contributed by atoms with E-state index in [1.54, 1.807) is 43.5 Å². The summed E-state index contributed by atoms with van der Waals surface area (Å²) in [5, 5.41) is 6.25. The number of amides is 1. The molecule has 0 aliphatic carbocycles. The van der Waals surface area contributed by atoms with Crippen molar-refractivity contribution in [2.24, 2.45) is 0 Å². The Morgan fingerprint density at radius 3 is 2.75 bits per heavy atom. The Morgan fingerprint density at radius 2 is 2.03 bits per heavy atom. The van der Waals surface area contributed by atoms with Crippen molar-refractivity contribution in [2.45, 2.75) is 43.0 Å². The maximum Gasteiger partial charge on any atom is 0.345 e. The van der Waals surface area contributed by atoms with Gasteiger partial charge in [0.15, 0.2) is 0 Å². The maximum absolute atomic E-state index is 13.5. The number of rotatable bonds is 7. The van der Waals surface area contributed by atoms with Crippen LogP contribution in [-0.2, 0) is 19.6 Å². The Bertz CT molecular complexity index is 1220. The average Bonchev–Trinajstić information content (AvgIpc) is 3.39. The molecule has 11 heteroatoms. The number of alkyl halides is 2. The number of hydrogen-bond donors (Lipinski definition) is 2. The molecule has 0 spiro atoms. The highest BCUT2D eigenvalue weighted by atomic mass is 32.2. The van der Waals surface area contributed by atoms with E-state index in [2.05, 4.69) is 20.4 Å². The molecule has 1 amide bonds. The number of nitrogens with zero attached hydrogens (tertiary/aromatic N) is 2. The molecule has 2 N–H and O–H groups in total. The molecule has 3 heterocycles. The molecule has 1 aromatic carbocycles. The minimum atomic E-state index is -3.96. The fraction of sp³-hybridized carbons (Fsp3) is 0.333. The van der Waals surface area contributed by atoms with Gasteiger partial charge in [0, 0.05) is 24.3 Å². The Kier molecular flexibility index (Phi) is 6.22. The summed E-state index contributed by atoms with van der Waals surface area (Å²) in [4.78, 5) is 16.9. The van der Waals surface area contributed by atoms with Crippen molar-refractivity contribution in [1.82, 2.24) is 19.6 Å². The molecule has 32 heavy (non-hydrogen) atoms. The highest BCUT2D eigenvalue weighted by molar-refractivity contribution is 7.90. The van der Waals surface area contributed by atoms with Gasteiger partial charge in [-0.15, -0.1) is 0 Å². The van der Waals surface area contributed by atoms with Crippen LogP contribution in [-0.4, -0.2) is 48.6 Å². The minimum Gasteiger partial charge on any atom is -0.347 e. The predicted molar refractivity (Wildman–Crippen MR) is 113 cm³/mol. The van der Waals surface area contributed by atoms with Crippen LogP contribution in [0.4, 0.5) is 8.78 Å². The standard InChI is InChI=1S/C21H22F2N4O4S/c1-13(26-20(28)17-10-15(12-25-17)31-21(22)23)19-9-14-11-24-8-7-18(14)27(19)32(29,30)16-5-3-2-4-6-16/h2-9,11,13,15,17,21,25H,10,12H2,1H3,(H,26,28)/t13-,15-,17+/m1/s1. The van der Waals surface area contributed by atoms with E-state index in [0.29, 0.717) is 16.6 Å². The molecule has 0 saturated carbocycles. The van der Waals surface area contributed by atoms with Crippen molar-refractivity contribution in [2.75, 3.05) is 6.54 Å². The van der Waals surface area contributed by atoms with Crippen molar-refractivity contribution in [3.05, 3.63) is 60.6 Å². The number of fused-ring (bicyclic) bond motifs is 1. The molecule has 4 rings (SSSR count). The molecule has 170 valence electrons. The lowest BCUT2D eigenvalue weighted by Gasteiger charge is -2.20. The van der Waals surface area contributed by atoms with Crippen LogP contribution in [0.15, 0.2) is 59.8 Å². The number of carbonyl (C=O) groups excluding carboxylic acids is 1. The van der Waals surface area contributed by atoms with E-state index in [1.165, 1.54) is 22.3 Å². The third-order valence-corrected chi connectivity index (χ3v) is 7.13. The summed E-state index contributed by atoms with van der Waals surface area (Å²) in [6, 6.07) is 9.85. The Hall–Kier alpha value is -2.89. The fourth-order valence-electron chi connectivity index (χ4n) is 3.86. The summed E-state index contributed by atoms with van der Waals surface area (Å²) in [6.45, 7) is -1.11. The van der Waals surface area contributed by atoms with Crippen LogP contribution in [0.25, 0.3) is 10.9 Å². The molecule has 1 fully saturated rings. The molecule has 0 radical (unpaired) electrons. The van der Waals surface area contributed by atoms with Crippen molar-refractivity contribution in [3.8, 4) is 0 Å². The van der Waals surface area contributed by atoms with Crippen LogP contribution in [0, 0.1) is 0 Å². The van der Waals surface area contributed by atoms with E-state index < -0.39 is 40.7 Å². The van der Waals surface area contributed by atoms with Gasteiger partial charge in [0.05, 0.1) is 34.3 Å². The summed E-state index contributed by atoms with van der Waals surface area (Å²) in [5.41, 5.74) is 0.785. The summed E-state index contributed by atoms with van der Waals surface area (Å²) in [5.74, 6) is -0.426. The Balaban J connectivity index is 1.63. The Morgan fingerprint density at radius 1 is 1.28 bits per heavy atom. The first kappa shape index (κ1) is 22.3. The summed E-state index contributed by atoms with van der Waals surface area (Å²) >= 11 is 0. The van der Waals surface area contributed by atoms with Crippen molar-refractivity contribution < 1.29 is 26.7 Å². The average molecular weight is 464 g/mol. The van der Waals surface area contributed by atoms with Gasteiger partial charge in [-0.2, -0.15) is 8.78 Å². The topological polar surface area (TPSA) is 102 Å². The lowest BCUT2D eigenvalue weighted by atomic mass is 10.1. The van der Waals surface area contributed by atoms with Gasteiger partial charge in [-0.25, -0.2) is 12.4 Å². The number of carbonyl (C=O) groups is 1. The van der Waals surface area contributed by atoms with Gasteiger partial charge in [-0.1, -0.05) is 18.2 Å².